The van der Waals surface area contributed by atoms with Crippen LogP contribution in [-0.4, -0.2) is 62.5 Å². The summed E-state index contributed by atoms with van der Waals surface area (Å²) in [5.41, 5.74) is 14.6. The molecule has 4 heterocycles. The van der Waals surface area contributed by atoms with Gasteiger partial charge in [-0.15, -0.1) is 27.1 Å². The first kappa shape index (κ1) is 37.5. The molecular weight excluding hydrogens is 731 g/mol. The van der Waals surface area contributed by atoms with Crippen LogP contribution in [0.1, 0.15) is 35.8 Å². The first-order valence-corrected chi connectivity index (χ1v) is 19.5. The fourth-order valence-electron chi connectivity index (χ4n) is 5.62. The van der Waals surface area contributed by atoms with Crippen LogP contribution in [0.2, 0.25) is 0 Å². The van der Waals surface area contributed by atoms with Crippen LogP contribution in [0.15, 0.2) is 138 Å². The van der Waals surface area contributed by atoms with Gasteiger partial charge in [-0.1, -0.05) is 96.7 Å². The van der Waals surface area contributed by atoms with Gasteiger partial charge in [-0.05, 0) is 29.5 Å². The van der Waals surface area contributed by atoms with Crippen molar-refractivity contribution in [3.63, 3.8) is 0 Å². The number of thiazole rings is 1. The predicted molar refractivity (Wildman–Crippen MR) is 208 cm³/mol. The summed E-state index contributed by atoms with van der Waals surface area (Å²) in [6, 6.07) is 23.7. The summed E-state index contributed by atoms with van der Waals surface area (Å²) in [6.45, 7) is 3.65. The van der Waals surface area contributed by atoms with Gasteiger partial charge in [-0.25, -0.2) is 9.78 Å². The highest BCUT2D eigenvalue weighted by atomic mass is 32.2. The summed E-state index contributed by atoms with van der Waals surface area (Å²) in [6.07, 6.45) is 9.77. The number of fused-ring (bicyclic) bond motifs is 1. The quantitative estimate of drug-likeness (QED) is 0.0212. The molecule has 4 aromatic rings. The third kappa shape index (κ3) is 9.24. The highest BCUT2D eigenvalue weighted by Gasteiger charge is 2.54. The normalized spacial score (nSPS) is 17.7. The third-order valence-electron chi connectivity index (χ3n) is 8.12. The molecule has 2 amide bonds. The number of carbonyl (C=O) groups is 3. The molecule has 2 aromatic carbocycles. The molecule has 0 bridgehead atoms. The van der Waals surface area contributed by atoms with Gasteiger partial charge in [-0.3, -0.25) is 14.5 Å². The van der Waals surface area contributed by atoms with E-state index in [1.54, 1.807) is 5.38 Å². The van der Waals surface area contributed by atoms with E-state index >= 15 is 0 Å². The van der Waals surface area contributed by atoms with E-state index in [1.807, 2.05) is 107 Å². The van der Waals surface area contributed by atoms with Crippen LogP contribution in [0.5, 0.6) is 0 Å². The fourth-order valence-corrected chi connectivity index (χ4v) is 8.32. The Morgan fingerprint density at radius 3 is 2.42 bits per heavy atom. The van der Waals surface area contributed by atoms with Gasteiger partial charge in [-0.2, -0.15) is 0 Å². The summed E-state index contributed by atoms with van der Waals surface area (Å²) in [5.74, 6) is -1.41. The van der Waals surface area contributed by atoms with E-state index in [-0.39, 0.29) is 34.2 Å². The van der Waals surface area contributed by atoms with E-state index in [2.05, 4.69) is 22.0 Å². The van der Waals surface area contributed by atoms with E-state index in [9.17, 15) is 14.4 Å². The number of β-lactam (4-membered cyclic amide) rings is 1. The number of pyridine rings is 1. The fraction of sp³-hybridized carbons (Fsp3) is 0.211. The van der Waals surface area contributed by atoms with Crippen molar-refractivity contribution >= 4 is 63.7 Å². The van der Waals surface area contributed by atoms with E-state index in [4.69, 9.17) is 21.0 Å². The largest absolute Gasteiger partial charge is 0.448 e. The molecule has 2 unspecified atom stereocenters. The predicted octanol–water partition coefficient (Wildman–Crippen LogP) is 4.72. The van der Waals surface area contributed by atoms with Crippen LogP contribution in [0.3, 0.4) is 0 Å². The Hall–Kier alpha value is -5.22. The number of anilines is 1. The number of nitrogen functional groups attached to an aromatic ring is 1. The lowest BCUT2D eigenvalue weighted by Gasteiger charge is -2.49. The average Bonchev–Trinajstić information content (AvgIpc) is 3.62. The molecule has 0 spiro atoms. The number of benzene rings is 2. The summed E-state index contributed by atoms with van der Waals surface area (Å²) >= 11 is 4.08. The molecule has 2 aromatic heterocycles. The number of nitrogens with two attached hydrogens (primary N) is 2. The second-order valence-electron chi connectivity index (χ2n) is 11.8. The van der Waals surface area contributed by atoms with Crippen LogP contribution in [0, 0.1) is 0 Å². The summed E-state index contributed by atoms with van der Waals surface area (Å²) < 4.78 is 8.22. The number of ether oxygens (including phenoxy) is 1. The number of rotatable bonds is 16. The molecular formula is C38H38N7O5S3+. The molecule has 1 fully saturated rings. The summed E-state index contributed by atoms with van der Waals surface area (Å²) in [7, 11) is 0. The van der Waals surface area contributed by atoms with Crippen molar-refractivity contribution in [3.8, 4) is 0 Å². The first-order valence-electron chi connectivity index (χ1n) is 16.7. The number of carbonyl (C=O) groups excluding carboxylic acids is 3. The topological polar surface area (TPSA) is 166 Å². The van der Waals surface area contributed by atoms with Crippen molar-refractivity contribution in [2.45, 2.75) is 35.7 Å². The van der Waals surface area contributed by atoms with Gasteiger partial charge in [0.15, 0.2) is 41.3 Å². The maximum Gasteiger partial charge on any atom is 0.356 e. The number of allylic oxidation sites excluding steroid dienone is 2. The minimum absolute atomic E-state index is 0.0568. The third-order valence-corrected chi connectivity index (χ3v) is 11.1. The summed E-state index contributed by atoms with van der Waals surface area (Å²) in [5, 5.41) is 7.80. The molecule has 0 aliphatic carbocycles. The van der Waals surface area contributed by atoms with Crippen LogP contribution in [-0.2, 0) is 24.0 Å². The summed E-state index contributed by atoms with van der Waals surface area (Å²) in [4.78, 5) is 52.6. The highest BCUT2D eigenvalue weighted by molar-refractivity contribution is 8.00. The monoisotopic (exact) mass is 768 g/mol. The Balaban J connectivity index is 1.24. The second kappa shape index (κ2) is 18.0. The number of esters is 1. The van der Waals surface area contributed by atoms with Crippen molar-refractivity contribution in [1.82, 2.24) is 15.2 Å². The number of hydrogen-bond acceptors (Lipinski definition) is 12. The van der Waals surface area contributed by atoms with Crippen LogP contribution >= 0.6 is 35.0 Å². The zero-order chi connectivity index (χ0) is 37.2. The number of amides is 2. The van der Waals surface area contributed by atoms with Crippen LogP contribution < -0.4 is 20.8 Å². The SMILES string of the molecule is C=CCON=C(C(=O)NC1C(=O)N2C(C(=O)OC(c3ccccc3)c3ccccc3)=C(C=CCCC(N)S[n+]3ccccc3)CS[C@@H]12)c1csc(N)n1. The zero-order valence-corrected chi connectivity index (χ0v) is 31.0. The van der Waals surface area contributed by atoms with Gasteiger partial charge in [0.25, 0.3) is 11.8 Å². The van der Waals surface area contributed by atoms with Gasteiger partial charge in [0.05, 0.1) is 0 Å². The molecule has 6 rings (SSSR count). The van der Waals surface area contributed by atoms with Crippen molar-refractivity contribution < 1.29 is 27.9 Å². The van der Waals surface area contributed by atoms with Crippen molar-refractivity contribution in [2.75, 3.05) is 18.1 Å². The molecule has 1 saturated heterocycles. The van der Waals surface area contributed by atoms with E-state index in [0.29, 0.717) is 24.2 Å². The Morgan fingerprint density at radius 1 is 1.09 bits per heavy atom. The molecule has 0 saturated carbocycles. The zero-order valence-electron chi connectivity index (χ0n) is 28.5. The smallest absolute Gasteiger partial charge is 0.356 e. The van der Waals surface area contributed by atoms with Gasteiger partial charge < -0.3 is 26.4 Å². The second-order valence-corrected chi connectivity index (χ2v) is 15.0. The molecule has 12 nitrogen and oxygen atoms in total. The standard InChI is InChI=1S/C38H37N7O5S3/c1-2-22-49-43-30(28-24-52-38(40)41-28)34(46)42-31-35(47)45-32(37(48)50-33(25-14-6-3-7-15-25)26-16-8-4-9-17-26)27(23-51-36(31)45)18-10-11-19-29(39)53-44-20-12-5-13-21-44/h2-10,12-18,20-21,24,29,31,33,36H,1,11,19,22-23,39H2,(H2-,40,41,42,46)/p+1/t29?,31?,36-/m0/s1. The van der Waals surface area contributed by atoms with Crippen LogP contribution in [0.4, 0.5) is 5.13 Å². The molecule has 53 heavy (non-hydrogen) atoms. The lowest BCUT2D eigenvalue weighted by molar-refractivity contribution is -0.495. The maximum absolute atomic E-state index is 14.3. The molecule has 2 aliphatic heterocycles. The van der Waals surface area contributed by atoms with Crippen LogP contribution in [0.25, 0.3) is 0 Å². The number of hydrogen-bond donors (Lipinski definition) is 3. The minimum atomic E-state index is -0.953. The Labute approximate surface area is 319 Å². The lowest BCUT2D eigenvalue weighted by Crippen LogP contribution is -2.71. The Morgan fingerprint density at radius 2 is 1.77 bits per heavy atom. The number of oxime groups is 1. The molecule has 0 radical (unpaired) electrons. The molecule has 15 heteroatoms. The van der Waals surface area contributed by atoms with E-state index in [0.717, 1.165) is 22.5 Å². The Bertz CT molecular complexity index is 1970. The number of aromatic nitrogens is 2. The molecule has 272 valence electrons. The van der Waals surface area contributed by atoms with E-state index in [1.165, 1.54) is 34.7 Å². The van der Waals surface area contributed by atoms with Crippen molar-refractivity contribution in [1.29, 1.82) is 0 Å². The first-order chi connectivity index (χ1) is 25.8. The molecule has 2 aliphatic rings. The molecule has 5 N–H and O–H groups in total. The van der Waals surface area contributed by atoms with Crippen molar-refractivity contribution in [3.05, 3.63) is 150 Å². The average molecular weight is 769 g/mol. The van der Waals surface area contributed by atoms with Gasteiger partial charge in [0.2, 0.25) is 0 Å². The van der Waals surface area contributed by atoms with Crippen molar-refractivity contribution in [2.24, 2.45) is 10.9 Å². The van der Waals surface area contributed by atoms with Gasteiger partial charge >= 0.3 is 5.97 Å². The Kier molecular flexibility index (Phi) is 12.8. The van der Waals surface area contributed by atoms with Gasteiger partial charge in [0, 0.05) is 23.3 Å². The highest BCUT2D eigenvalue weighted by Crippen LogP contribution is 2.42. The van der Waals surface area contributed by atoms with E-state index < -0.39 is 35.3 Å². The minimum Gasteiger partial charge on any atom is -0.448 e. The molecule has 3 atom stereocenters. The number of thioether (sulfide) groups is 1. The number of nitrogens with zero attached hydrogens (tertiary/aromatic N) is 4. The van der Waals surface area contributed by atoms with Gasteiger partial charge in [0.1, 0.15) is 34.8 Å². The number of nitrogens with one attached hydrogen (secondary N) is 1. The maximum atomic E-state index is 14.3. The lowest BCUT2D eigenvalue weighted by atomic mass is 10.00.